The molecule has 1 aliphatic heterocycles. The van der Waals surface area contributed by atoms with Crippen molar-refractivity contribution >= 4 is 23.2 Å². The number of alkyl carbamates (subject to hydrolysis) is 1. The lowest BCUT2D eigenvalue weighted by molar-refractivity contribution is 0.0516. The highest BCUT2D eigenvalue weighted by Crippen LogP contribution is 2.38. The molecule has 0 saturated carbocycles. The number of hydrogen-bond donors (Lipinski definition) is 1. The zero-order valence-corrected chi connectivity index (χ0v) is 18.5. The first-order valence-electron chi connectivity index (χ1n) is 10.5. The summed E-state index contributed by atoms with van der Waals surface area (Å²) in [6, 6.07) is 11.5. The molecule has 4 rings (SSSR count). The molecule has 1 amide bonds. The second kappa shape index (κ2) is 8.15. The van der Waals surface area contributed by atoms with E-state index >= 15 is 4.39 Å². The van der Waals surface area contributed by atoms with E-state index in [0.717, 1.165) is 0 Å². The van der Waals surface area contributed by atoms with E-state index in [1.165, 1.54) is 0 Å². The number of hydrogen-bond acceptors (Lipinski definition) is 6. The molecule has 1 N–H and O–H groups in total. The number of rotatable bonds is 4. The molecule has 0 bridgehead atoms. The van der Waals surface area contributed by atoms with Crippen molar-refractivity contribution in [3.05, 3.63) is 47.3 Å². The summed E-state index contributed by atoms with van der Waals surface area (Å²) in [5.74, 6) is -0.329. The highest BCUT2D eigenvalue weighted by Gasteiger charge is 2.32. The Kier molecular flexibility index (Phi) is 5.51. The van der Waals surface area contributed by atoms with Crippen molar-refractivity contribution in [3.8, 4) is 17.2 Å². The fraction of sp³-hybridized carbons (Fsp3) is 0.375. The van der Waals surface area contributed by atoms with Crippen LogP contribution in [0.3, 0.4) is 0 Å². The smallest absolute Gasteiger partial charge is 0.407 e. The van der Waals surface area contributed by atoms with Gasteiger partial charge in [-0.3, -0.25) is 0 Å². The molecule has 7 nitrogen and oxygen atoms in total. The van der Waals surface area contributed by atoms with Gasteiger partial charge in [-0.05, 0) is 38.8 Å². The number of nitrogens with zero attached hydrogens (tertiary/aromatic N) is 3. The Balaban J connectivity index is 1.53. The summed E-state index contributed by atoms with van der Waals surface area (Å²) in [7, 11) is 0. The van der Waals surface area contributed by atoms with Crippen LogP contribution in [0.5, 0.6) is 0 Å². The van der Waals surface area contributed by atoms with Gasteiger partial charge in [0.15, 0.2) is 11.4 Å². The van der Waals surface area contributed by atoms with Crippen LogP contribution in [-0.2, 0) is 4.74 Å². The lowest BCUT2D eigenvalue weighted by Crippen LogP contribution is -2.52. The first-order valence-corrected chi connectivity index (χ1v) is 10.5. The molecule has 2 aromatic carbocycles. The molecule has 0 radical (unpaired) electrons. The average molecular weight is 436 g/mol. The number of fused-ring (bicyclic) bond motifs is 1. The van der Waals surface area contributed by atoms with E-state index in [0.29, 0.717) is 41.9 Å². The van der Waals surface area contributed by atoms with Crippen LogP contribution in [0.25, 0.3) is 22.2 Å². The molecular formula is C24H25FN4O3. The summed E-state index contributed by atoms with van der Waals surface area (Å²) >= 11 is 0. The molecule has 0 atom stereocenters. The number of aromatic nitrogens is 1. The third-order valence-corrected chi connectivity index (χ3v) is 5.36. The van der Waals surface area contributed by atoms with Crippen LogP contribution in [0.15, 0.2) is 34.7 Å². The fourth-order valence-electron chi connectivity index (χ4n) is 3.82. The second-order valence-corrected chi connectivity index (χ2v) is 8.99. The van der Waals surface area contributed by atoms with Gasteiger partial charge in [0.05, 0.1) is 5.56 Å². The molecule has 1 aromatic heterocycles. The molecular weight excluding hydrogens is 411 g/mol. The number of nitrogens with one attached hydrogen (secondary N) is 1. The number of benzene rings is 2. The Bertz CT molecular complexity index is 1200. The van der Waals surface area contributed by atoms with Crippen molar-refractivity contribution in [1.29, 1.82) is 5.26 Å². The van der Waals surface area contributed by atoms with E-state index in [2.05, 4.69) is 16.4 Å². The van der Waals surface area contributed by atoms with Crippen molar-refractivity contribution < 1.29 is 18.3 Å². The lowest BCUT2D eigenvalue weighted by Gasteiger charge is -2.38. The van der Waals surface area contributed by atoms with Crippen LogP contribution in [0.2, 0.25) is 0 Å². The molecule has 0 aliphatic carbocycles. The van der Waals surface area contributed by atoms with Crippen molar-refractivity contribution in [1.82, 2.24) is 10.3 Å². The predicted molar refractivity (Wildman–Crippen MR) is 119 cm³/mol. The zero-order valence-electron chi connectivity index (χ0n) is 18.5. The van der Waals surface area contributed by atoms with Gasteiger partial charge in [0.1, 0.15) is 17.2 Å². The van der Waals surface area contributed by atoms with E-state index in [1.54, 1.807) is 19.1 Å². The van der Waals surface area contributed by atoms with Gasteiger partial charge >= 0.3 is 6.09 Å². The van der Waals surface area contributed by atoms with E-state index in [9.17, 15) is 10.1 Å². The predicted octanol–water partition coefficient (Wildman–Crippen LogP) is 4.77. The van der Waals surface area contributed by atoms with E-state index < -0.39 is 17.5 Å². The first-order chi connectivity index (χ1) is 15.2. The molecule has 8 heteroatoms. The number of anilines is 1. The largest absolute Gasteiger partial charge is 0.444 e. The number of carbonyl (C=O) groups is 1. The maximum atomic E-state index is 15.4. The Hall–Kier alpha value is -3.60. The van der Waals surface area contributed by atoms with Gasteiger partial charge in [0.2, 0.25) is 0 Å². The number of halogens is 1. The Morgan fingerprint density at radius 2 is 2.03 bits per heavy atom. The Labute approximate surface area is 185 Å². The molecule has 166 valence electrons. The van der Waals surface area contributed by atoms with Crippen molar-refractivity contribution in [3.63, 3.8) is 0 Å². The van der Waals surface area contributed by atoms with Gasteiger partial charge in [0, 0.05) is 31.1 Å². The van der Waals surface area contributed by atoms with Crippen molar-refractivity contribution in [2.45, 2.75) is 33.3 Å². The minimum Gasteiger partial charge on any atom is -0.444 e. The maximum absolute atomic E-state index is 15.4. The number of carbonyl (C=O) groups excluding carboxylic acids is 1. The summed E-state index contributed by atoms with van der Waals surface area (Å²) in [4.78, 5) is 18.1. The van der Waals surface area contributed by atoms with Crippen LogP contribution in [-0.4, -0.2) is 36.3 Å². The van der Waals surface area contributed by atoms with Gasteiger partial charge in [-0.15, -0.1) is 0 Å². The molecule has 0 unspecified atom stereocenters. The number of oxazole rings is 1. The minimum absolute atomic E-state index is 0.0173. The van der Waals surface area contributed by atoms with E-state index in [-0.39, 0.29) is 23.0 Å². The molecule has 1 fully saturated rings. The maximum Gasteiger partial charge on any atom is 0.407 e. The molecule has 3 aromatic rings. The SMILES string of the molecule is Cc1c(-c2ccccc2)c(F)c2oc(N3CC(CNC(=O)OC(C)(C)C)C3)nc2c1C#N. The topological polar surface area (TPSA) is 91.4 Å². The van der Waals surface area contributed by atoms with Crippen LogP contribution < -0.4 is 10.2 Å². The molecule has 0 spiro atoms. The zero-order chi connectivity index (χ0) is 23.0. The summed E-state index contributed by atoms with van der Waals surface area (Å²) in [5.41, 5.74) is 1.53. The minimum atomic E-state index is -0.548. The average Bonchev–Trinajstić information content (AvgIpc) is 3.11. The number of nitriles is 1. The first kappa shape index (κ1) is 21.6. The Morgan fingerprint density at radius 1 is 1.34 bits per heavy atom. The summed E-state index contributed by atoms with van der Waals surface area (Å²) in [6.07, 6.45) is -0.456. The van der Waals surface area contributed by atoms with E-state index in [1.807, 2.05) is 43.9 Å². The van der Waals surface area contributed by atoms with Gasteiger partial charge in [-0.25, -0.2) is 9.18 Å². The summed E-state index contributed by atoms with van der Waals surface area (Å²) < 4.78 is 26.4. The standard InChI is InChI=1S/C24H25FN4O3/c1-14-17(10-26)20-21(19(25)18(14)16-8-6-5-7-9-16)31-22(28-20)29-12-15(13-29)11-27-23(30)32-24(2,3)4/h5-9,15H,11-13H2,1-4H3,(H,27,30). The van der Waals surface area contributed by atoms with Crippen LogP contribution in [0.4, 0.5) is 15.2 Å². The fourth-order valence-corrected chi connectivity index (χ4v) is 3.82. The monoisotopic (exact) mass is 436 g/mol. The molecule has 32 heavy (non-hydrogen) atoms. The second-order valence-electron chi connectivity index (χ2n) is 8.99. The molecule has 1 saturated heterocycles. The van der Waals surface area contributed by atoms with Gasteiger partial charge < -0.3 is 19.4 Å². The third kappa shape index (κ3) is 4.11. The highest BCUT2D eigenvalue weighted by molar-refractivity contribution is 5.90. The molecule has 2 heterocycles. The van der Waals surface area contributed by atoms with Crippen molar-refractivity contribution in [2.75, 3.05) is 24.5 Å². The van der Waals surface area contributed by atoms with Gasteiger partial charge in [-0.2, -0.15) is 10.2 Å². The van der Waals surface area contributed by atoms with Gasteiger partial charge in [-0.1, -0.05) is 30.3 Å². The number of amides is 1. The summed E-state index contributed by atoms with van der Waals surface area (Å²) in [6.45, 7) is 8.80. The highest BCUT2D eigenvalue weighted by atomic mass is 19.1. The van der Waals surface area contributed by atoms with Gasteiger partial charge in [0.25, 0.3) is 6.01 Å². The van der Waals surface area contributed by atoms with Crippen LogP contribution >= 0.6 is 0 Å². The lowest BCUT2D eigenvalue weighted by atomic mass is 9.95. The normalized spacial score (nSPS) is 14.2. The number of ether oxygens (including phenoxy) is 1. The summed E-state index contributed by atoms with van der Waals surface area (Å²) in [5, 5.41) is 12.5. The van der Waals surface area contributed by atoms with Crippen LogP contribution in [0.1, 0.15) is 31.9 Å². The van der Waals surface area contributed by atoms with Crippen LogP contribution in [0, 0.1) is 30.0 Å². The quantitative estimate of drug-likeness (QED) is 0.633. The van der Waals surface area contributed by atoms with Crippen molar-refractivity contribution in [2.24, 2.45) is 5.92 Å². The third-order valence-electron chi connectivity index (χ3n) is 5.36. The molecule has 1 aliphatic rings. The van der Waals surface area contributed by atoms with E-state index in [4.69, 9.17) is 9.15 Å². The Morgan fingerprint density at radius 3 is 2.66 bits per heavy atom.